The SMILES string of the molecule is Cc1sc2ncc(C(=O)N3CCOCC3CC(=O)O)c(=O)n2c1C. The summed E-state index contributed by atoms with van der Waals surface area (Å²) in [6, 6.07) is -0.589. The second kappa shape index (κ2) is 6.33. The summed E-state index contributed by atoms with van der Waals surface area (Å²) >= 11 is 1.39. The molecule has 1 fully saturated rings. The smallest absolute Gasteiger partial charge is 0.305 e. The molecule has 1 saturated heterocycles. The van der Waals surface area contributed by atoms with Crippen LogP contribution in [0.4, 0.5) is 0 Å². The van der Waals surface area contributed by atoms with Crippen LogP contribution in [0.5, 0.6) is 0 Å². The largest absolute Gasteiger partial charge is 0.481 e. The molecule has 3 heterocycles. The molecule has 24 heavy (non-hydrogen) atoms. The van der Waals surface area contributed by atoms with Crippen LogP contribution in [-0.4, -0.2) is 57.1 Å². The summed E-state index contributed by atoms with van der Waals surface area (Å²) in [6.07, 6.45) is 1.06. The number of nitrogens with zero attached hydrogens (tertiary/aromatic N) is 3. The number of carboxylic acid groups (broad SMARTS) is 1. The average molecular weight is 351 g/mol. The number of aliphatic carboxylic acids is 1. The Morgan fingerprint density at radius 3 is 2.92 bits per heavy atom. The minimum atomic E-state index is -1.02. The number of amides is 1. The van der Waals surface area contributed by atoms with Gasteiger partial charge in [0.2, 0.25) is 0 Å². The van der Waals surface area contributed by atoms with Gasteiger partial charge in [-0.25, -0.2) is 4.98 Å². The molecule has 0 spiro atoms. The first-order valence-electron chi connectivity index (χ1n) is 7.48. The lowest BCUT2D eigenvalue weighted by Gasteiger charge is -2.34. The summed E-state index contributed by atoms with van der Waals surface area (Å²) < 4.78 is 6.70. The summed E-state index contributed by atoms with van der Waals surface area (Å²) in [4.78, 5) is 43.6. The Morgan fingerprint density at radius 2 is 2.21 bits per heavy atom. The van der Waals surface area contributed by atoms with Gasteiger partial charge in [-0.05, 0) is 13.8 Å². The summed E-state index contributed by atoms with van der Waals surface area (Å²) in [7, 11) is 0. The van der Waals surface area contributed by atoms with Crippen molar-refractivity contribution in [3.05, 3.63) is 32.7 Å². The predicted molar refractivity (Wildman–Crippen MR) is 86.7 cm³/mol. The van der Waals surface area contributed by atoms with E-state index < -0.39 is 23.5 Å². The first-order valence-corrected chi connectivity index (χ1v) is 8.30. The quantitative estimate of drug-likeness (QED) is 0.873. The van der Waals surface area contributed by atoms with E-state index in [-0.39, 0.29) is 25.1 Å². The van der Waals surface area contributed by atoms with E-state index in [1.165, 1.54) is 26.8 Å². The topological polar surface area (TPSA) is 101 Å². The molecule has 3 rings (SSSR count). The van der Waals surface area contributed by atoms with Crippen LogP contribution in [0.1, 0.15) is 27.3 Å². The third kappa shape index (κ3) is 2.80. The molecule has 0 aromatic carbocycles. The molecule has 8 nitrogen and oxygen atoms in total. The number of aromatic nitrogens is 2. The van der Waals surface area contributed by atoms with Gasteiger partial charge in [0.05, 0.1) is 25.7 Å². The van der Waals surface area contributed by atoms with Crippen molar-refractivity contribution in [2.24, 2.45) is 0 Å². The van der Waals surface area contributed by atoms with E-state index in [1.54, 1.807) is 6.92 Å². The Morgan fingerprint density at radius 1 is 1.46 bits per heavy atom. The lowest BCUT2D eigenvalue weighted by atomic mass is 10.1. The van der Waals surface area contributed by atoms with Gasteiger partial charge in [-0.15, -0.1) is 11.3 Å². The fourth-order valence-corrected chi connectivity index (χ4v) is 3.70. The van der Waals surface area contributed by atoms with Gasteiger partial charge in [-0.1, -0.05) is 0 Å². The lowest BCUT2D eigenvalue weighted by molar-refractivity contribution is -0.139. The zero-order valence-corrected chi connectivity index (χ0v) is 14.1. The van der Waals surface area contributed by atoms with Gasteiger partial charge in [-0.2, -0.15) is 0 Å². The number of ether oxygens (including phenoxy) is 1. The van der Waals surface area contributed by atoms with Crippen LogP contribution < -0.4 is 5.56 Å². The van der Waals surface area contributed by atoms with Crippen molar-refractivity contribution in [3.8, 4) is 0 Å². The Bertz CT molecular complexity index is 872. The van der Waals surface area contributed by atoms with Gasteiger partial charge < -0.3 is 14.7 Å². The fraction of sp³-hybridized carbons (Fsp3) is 0.467. The molecule has 128 valence electrons. The van der Waals surface area contributed by atoms with Crippen LogP contribution in [0.3, 0.4) is 0 Å². The van der Waals surface area contributed by atoms with Crippen LogP contribution in [0.15, 0.2) is 11.0 Å². The molecular formula is C15H17N3O5S. The van der Waals surface area contributed by atoms with E-state index in [2.05, 4.69) is 4.98 Å². The van der Waals surface area contributed by atoms with Crippen LogP contribution in [0.25, 0.3) is 4.96 Å². The van der Waals surface area contributed by atoms with E-state index in [9.17, 15) is 14.4 Å². The van der Waals surface area contributed by atoms with E-state index in [4.69, 9.17) is 9.84 Å². The highest BCUT2D eigenvalue weighted by Gasteiger charge is 2.31. The maximum absolute atomic E-state index is 12.8. The highest BCUT2D eigenvalue weighted by molar-refractivity contribution is 7.17. The maximum atomic E-state index is 12.8. The third-order valence-corrected chi connectivity index (χ3v) is 5.22. The van der Waals surface area contributed by atoms with E-state index >= 15 is 0 Å². The van der Waals surface area contributed by atoms with Gasteiger partial charge in [0, 0.05) is 23.3 Å². The molecule has 1 unspecified atom stereocenters. The number of rotatable bonds is 3. The van der Waals surface area contributed by atoms with Crippen molar-refractivity contribution < 1.29 is 19.4 Å². The van der Waals surface area contributed by atoms with Crippen molar-refractivity contribution in [1.82, 2.24) is 14.3 Å². The molecule has 1 aliphatic heterocycles. The summed E-state index contributed by atoms with van der Waals surface area (Å²) in [5.41, 5.74) is 0.282. The minimum Gasteiger partial charge on any atom is -0.481 e. The molecule has 2 aromatic rings. The van der Waals surface area contributed by atoms with Gasteiger partial charge in [-0.3, -0.25) is 18.8 Å². The Kier molecular flexibility index (Phi) is 4.37. The lowest BCUT2D eigenvalue weighted by Crippen LogP contribution is -2.50. The van der Waals surface area contributed by atoms with Crippen molar-refractivity contribution in [2.75, 3.05) is 19.8 Å². The molecule has 0 bridgehead atoms. The molecule has 0 radical (unpaired) electrons. The second-order valence-electron chi connectivity index (χ2n) is 5.66. The second-order valence-corrected chi connectivity index (χ2v) is 6.85. The number of morpholine rings is 1. The van der Waals surface area contributed by atoms with Gasteiger partial charge in [0.25, 0.3) is 11.5 Å². The first-order chi connectivity index (χ1) is 11.4. The number of fused-ring (bicyclic) bond motifs is 1. The highest BCUT2D eigenvalue weighted by Crippen LogP contribution is 2.19. The minimum absolute atomic E-state index is 0.0503. The molecule has 0 saturated carbocycles. The monoisotopic (exact) mass is 351 g/mol. The standard InChI is InChI=1S/C15H17N3O5S/c1-8-9(2)24-15-16-6-11(14(22)18(8)15)13(21)17-3-4-23-7-10(17)5-12(19)20/h6,10H,3-5,7H2,1-2H3,(H,19,20). The average Bonchev–Trinajstić information content (AvgIpc) is 2.82. The van der Waals surface area contributed by atoms with Crippen LogP contribution in [0.2, 0.25) is 0 Å². The Hall–Kier alpha value is -2.26. The molecule has 1 atom stereocenters. The predicted octanol–water partition coefficient (Wildman–Crippen LogP) is 0.689. The summed E-state index contributed by atoms with van der Waals surface area (Å²) in [6.45, 7) is 4.40. The van der Waals surface area contributed by atoms with E-state index in [1.807, 2.05) is 6.92 Å². The molecule has 1 aliphatic rings. The number of hydrogen-bond donors (Lipinski definition) is 1. The van der Waals surface area contributed by atoms with Crippen LogP contribution in [-0.2, 0) is 9.53 Å². The van der Waals surface area contributed by atoms with E-state index in [0.717, 1.165) is 10.6 Å². The Labute approximate surface area is 141 Å². The van der Waals surface area contributed by atoms with Crippen molar-refractivity contribution in [3.63, 3.8) is 0 Å². The maximum Gasteiger partial charge on any atom is 0.305 e. The number of aryl methyl sites for hydroxylation is 2. The normalized spacial score (nSPS) is 18.1. The van der Waals surface area contributed by atoms with Crippen molar-refractivity contribution in [2.45, 2.75) is 26.3 Å². The zero-order chi connectivity index (χ0) is 17.4. The van der Waals surface area contributed by atoms with Crippen LogP contribution in [0, 0.1) is 13.8 Å². The molecule has 1 amide bonds. The molecular weight excluding hydrogens is 334 g/mol. The summed E-state index contributed by atoms with van der Waals surface area (Å²) in [5.74, 6) is -1.52. The number of thiazole rings is 1. The van der Waals surface area contributed by atoms with Crippen molar-refractivity contribution >= 4 is 28.2 Å². The highest BCUT2D eigenvalue weighted by atomic mass is 32.1. The number of carbonyl (C=O) groups excluding carboxylic acids is 1. The molecule has 1 N–H and O–H groups in total. The van der Waals surface area contributed by atoms with Gasteiger partial charge in [0.15, 0.2) is 4.96 Å². The van der Waals surface area contributed by atoms with Gasteiger partial charge >= 0.3 is 5.97 Å². The molecule has 2 aromatic heterocycles. The number of carboxylic acids is 1. The summed E-state index contributed by atoms with van der Waals surface area (Å²) in [5, 5.41) is 9.00. The molecule has 0 aliphatic carbocycles. The van der Waals surface area contributed by atoms with Crippen molar-refractivity contribution in [1.29, 1.82) is 0 Å². The van der Waals surface area contributed by atoms with E-state index in [0.29, 0.717) is 11.6 Å². The zero-order valence-electron chi connectivity index (χ0n) is 13.3. The number of hydrogen-bond acceptors (Lipinski definition) is 6. The fourth-order valence-electron chi connectivity index (χ4n) is 2.77. The third-order valence-electron chi connectivity index (χ3n) is 4.15. The first kappa shape index (κ1) is 16.6. The molecule has 9 heteroatoms. The Balaban J connectivity index is 2.01. The van der Waals surface area contributed by atoms with Crippen LogP contribution >= 0.6 is 11.3 Å². The van der Waals surface area contributed by atoms with Gasteiger partial charge in [0.1, 0.15) is 5.56 Å². The number of carbonyl (C=O) groups is 2.